The van der Waals surface area contributed by atoms with Crippen LogP contribution in [-0.2, 0) is 22.7 Å². The summed E-state index contributed by atoms with van der Waals surface area (Å²) >= 11 is 0. The van der Waals surface area contributed by atoms with E-state index in [1.54, 1.807) is 22.2 Å². The van der Waals surface area contributed by atoms with E-state index in [4.69, 9.17) is 0 Å². The molecule has 1 spiro atoms. The zero-order valence-corrected chi connectivity index (χ0v) is 39.8. The molecular weight excluding hydrogens is 808 g/mol. The van der Waals surface area contributed by atoms with E-state index in [0.29, 0.717) is 0 Å². The van der Waals surface area contributed by atoms with Gasteiger partial charge in [-0.1, -0.05) is 187 Å². The Morgan fingerprint density at radius 1 is 0.567 bits per heavy atom. The third kappa shape index (κ3) is 4.00. The molecule has 8 aliphatic rings. The summed E-state index contributed by atoms with van der Waals surface area (Å²) in [6.07, 6.45) is 8.71. The molecule has 4 unspecified atom stereocenters. The van der Waals surface area contributed by atoms with Gasteiger partial charge in [0.25, 0.3) is 0 Å². The van der Waals surface area contributed by atoms with Crippen LogP contribution in [0.1, 0.15) is 106 Å². The lowest BCUT2D eigenvalue weighted by Gasteiger charge is -2.67. The minimum absolute atomic E-state index is 0.0762. The number of hydrogen-bond acceptors (Lipinski definition) is 2. The Morgan fingerprint density at radius 3 is 1.93 bits per heavy atom. The lowest BCUT2D eigenvalue weighted by Crippen LogP contribution is -2.71. The topological polar surface area (TPSA) is 6.48 Å². The van der Waals surface area contributed by atoms with Crippen LogP contribution in [0.2, 0.25) is 0 Å². The summed E-state index contributed by atoms with van der Waals surface area (Å²) in [5.74, 6) is 0.270. The van der Waals surface area contributed by atoms with Gasteiger partial charge in [-0.05, 0) is 140 Å². The van der Waals surface area contributed by atoms with Crippen LogP contribution < -0.4 is 15.2 Å². The first-order valence-corrected chi connectivity index (χ1v) is 25.1. The van der Waals surface area contributed by atoms with Crippen LogP contribution in [-0.4, -0.2) is 12.4 Å². The van der Waals surface area contributed by atoms with Crippen LogP contribution >= 0.6 is 0 Å². The normalized spacial score (nSPS) is 25.7. The lowest BCUT2D eigenvalue weighted by molar-refractivity contribution is 0.280. The molecule has 0 saturated heterocycles. The summed E-state index contributed by atoms with van der Waals surface area (Å²) in [6, 6.07) is 59.8. The summed E-state index contributed by atoms with van der Waals surface area (Å²) in [6.45, 7) is 17.8. The number of allylic oxidation sites excluding steroid dienone is 4. The molecule has 0 bridgehead atoms. The van der Waals surface area contributed by atoms with E-state index in [-0.39, 0.29) is 29.0 Å². The summed E-state index contributed by atoms with van der Waals surface area (Å²) in [5, 5.41) is 0. The van der Waals surface area contributed by atoms with E-state index in [0.717, 1.165) is 6.42 Å². The molecule has 7 aromatic rings. The second-order valence-electron chi connectivity index (χ2n) is 22.2. The molecular formula is C64H55BN2. The van der Waals surface area contributed by atoms with Gasteiger partial charge >= 0.3 is 6.85 Å². The van der Waals surface area contributed by atoms with Crippen LogP contribution in [0, 0.1) is 11.3 Å². The number of fused-ring (bicyclic) bond motifs is 20. The highest BCUT2D eigenvalue weighted by Crippen LogP contribution is 2.75. The molecule has 0 saturated carbocycles. The fourth-order valence-corrected chi connectivity index (χ4v) is 16.4. The molecule has 3 heteroatoms. The average molecular weight is 863 g/mol. The number of para-hydroxylation sites is 2. The molecule has 4 aliphatic heterocycles. The zero-order chi connectivity index (χ0) is 45.1. The lowest BCUT2D eigenvalue weighted by atomic mass is 9.32. The van der Waals surface area contributed by atoms with E-state index < -0.39 is 11.0 Å². The Morgan fingerprint density at radius 2 is 1.18 bits per heavy atom. The van der Waals surface area contributed by atoms with Gasteiger partial charge in [0.05, 0.1) is 11.0 Å². The van der Waals surface area contributed by atoms with Gasteiger partial charge in [-0.25, -0.2) is 0 Å². The van der Waals surface area contributed by atoms with Gasteiger partial charge in [0.2, 0.25) is 0 Å². The summed E-state index contributed by atoms with van der Waals surface area (Å²) in [4.78, 5) is 5.75. The molecule has 4 atom stereocenters. The molecule has 2 nitrogen and oxygen atoms in total. The largest absolute Gasteiger partial charge is 0.376 e. The van der Waals surface area contributed by atoms with Gasteiger partial charge in [0, 0.05) is 44.6 Å². The molecule has 0 N–H and O–H groups in total. The maximum Gasteiger partial charge on any atom is 0.329 e. The molecule has 0 aromatic heterocycles. The van der Waals surface area contributed by atoms with Crippen LogP contribution in [0.3, 0.4) is 0 Å². The zero-order valence-electron chi connectivity index (χ0n) is 39.8. The summed E-state index contributed by atoms with van der Waals surface area (Å²) in [7, 11) is 0. The predicted octanol–water partition coefficient (Wildman–Crippen LogP) is 14.7. The second-order valence-corrected chi connectivity index (χ2v) is 22.2. The first kappa shape index (κ1) is 38.5. The molecule has 7 aromatic carbocycles. The molecule has 324 valence electrons. The van der Waals surface area contributed by atoms with Gasteiger partial charge in [0.15, 0.2) is 0 Å². The number of benzene rings is 7. The number of nitrogens with zero attached hydrogens (tertiary/aromatic N) is 2. The Labute approximate surface area is 396 Å². The van der Waals surface area contributed by atoms with Gasteiger partial charge in [-0.3, -0.25) is 0 Å². The molecule has 15 rings (SSSR count). The van der Waals surface area contributed by atoms with Gasteiger partial charge in [0.1, 0.15) is 0 Å². The number of aryl methyl sites for hydroxylation is 1. The highest BCUT2D eigenvalue weighted by atomic mass is 15.3. The van der Waals surface area contributed by atoms with Crippen molar-refractivity contribution in [1.82, 2.24) is 0 Å². The van der Waals surface area contributed by atoms with Crippen molar-refractivity contribution in [2.75, 3.05) is 9.71 Å². The molecule has 0 fully saturated rings. The molecule has 0 radical (unpaired) electrons. The van der Waals surface area contributed by atoms with Crippen molar-refractivity contribution < 1.29 is 0 Å². The Hall–Kier alpha value is -6.58. The van der Waals surface area contributed by atoms with Gasteiger partial charge < -0.3 is 9.71 Å². The fourth-order valence-electron chi connectivity index (χ4n) is 16.4. The van der Waals surface area contributed by atoms with Crippen molar-refractivity contribution >= 4 is 40.6 Å². The predicted molar refractivity (Wildman–Crippen MR) is 279 cm³/mol. The van der Waals surface area contributed by atoms with Crippen molar-refractivity contribution in [1.29, 1.82) is 0 Å². The van der Waals surface area contributed by atoms with Crippen molar-refractivity contribution in [3.8, 4) is 22.3 Å². The highest BCUT2D eigenvalue weighted by Gasteiger charge is 2.71. The van der Waals surface area contributed by atoms with E-state index >= 15 is 0 Å². The quantitative estimate of drug-likeness (QED) is 0.129. The van der Waals surface area contributed by atoms with Crippen molar-refractivity contribution in [2.45, 2.75) is 89.5 Å². The molecule has 67 heavy (non-hydrogen) atoms. The third-order valence-electron chi connectivity index (χ3n) is 19.1. The van der Waals surface area contributed by atoms with E-state index in [2.05, 4.69) is 222 Å². The Bertz CT molecular complexity index is 3500. The van der Waals surface area contributed by atoms with Crippen LogP contribution in [0.4, 0.5) is 22.7 Å². The smallest absolute Gasteiger partial charge is 0.329 e. The molecule has 0 amide bonds. The average Bonchev–Trinajstić information content (AvgIpc) is 3.74. The minimum Gasteiger partial charge on any atom is -0.376 e. The first-order chi connectivity index (χ1) is 32.5. The van der Waals surface area contributed by atoms with E-state index in [1.165, 1.54) is 108 Å². The standard InChI is InChI=1S/C64H55BN2/c1-8-9-20-39-33-34-51-50(37-39)61(5)36-35-38(2)54-58(61)63(7)59(55-44-23-12-13-26-45(44)60(3,4)62(54,55)6)65-56-42(24-19-32-53(56)66(51)63)43-25-18-30-49-57(43)67(65)52-31-17-16-29-48(52)64(49)46-27-14-10-21-40(46)41-22-11-15-28-47(41)64/h10-19,21-38H,8-9,20H2,1-7H3. The maximum absolute atomic E-state index is 2.88. The first-order valence-electron chi connectivity index (χ1n) is 25.1. The van der Waals surface area contributed by atoms with Crippen LogP contribution in [0.5, 0.6) is 0 Å². The SMILES string of the molecule is CCCCc1ccc2c(c1)C1(C)C=CC(C)C3=C1C1(C)C(=C4c5ccccc5C(C)(C)C43C)B3c4c(cccc4N21)-c1cccc2c1N3c1ccccc1C21c2ccccc2-c2ccccc21. The number of rotatable bonds is 3. The van der Waals surface area contributed by atoms with Crippen molar-refractivity contribution in [2.24, 2.45) is 11.3 Å². The second kappa shape index (κ2) is 12.3. The molecule has 4 aliphatic carbocycles. The van der Waals surface area contributed by atoms with E-state index in [1.807, 2.05) is 0 Å². The number of hydrogen-bond donors (Lipinski definition) is 0. The monoisotopic (exact) mass is 862 g/mol. The summed E-state index contributed by atoms with van der Waals surface area (Å²) in [5.41, 5.74) is 28.1. The third-order valence-corrected chi connectivity index (χ3v) is 19.1. The van der Waals surface area contributed by atoms with Crippen molar-refractivity contribution in [3.63, 3.8) is 0 Å². The maximum atomic E-state index is 2.88. The van der Waals surface area contributed by atoms with Gasteiger partial charge in [-0.15, -0.1) is 0 Å². The fraction of sp³-hybridized carbons (Fsp3) is 0.250. The molecule has 4 heterocycles. The number of unbranched alkanes of at least 4 members (excludes halogenated alkanes) is 1. The minimum atomic E-state index is -0.497. The number of anilines is 4. The summed E-state index contributed by atoms with van der Waals surface area (Å²) < 4.78 is 0. The Balaban J connectivity index is 1.14. The highest BCUT2D eigenvalue weighted by molar-refractivity contribution is 6.89. The van der Waals surface area contributed by atoms with Crippen LogP contribution in [0.15, 0.2) is 180 Å². The van der Waals surface area contributed by atoms with E-state index in [9.17, 15) is 0 Å². The van der Waals surface area contributed by atoms with Gasteiger partial charge in [-0.2, -0.15) is 0 Å². The Kier molecular flexibility index (Phi) is 7.07. The van der Waals surface area contributed by atoms with Crippen LogP contribution in [0.25, 0.3) is 27.8 Å². The van der Waals surface area contributed by atoms with Crippen molar-refractivity contribution in [3.05, 3.63) is 225 Å².